The van der Waals surface area contributed by atoms with Crippen molar-refractivity contribution in [2.24, 2.45) is 0 Å². The molecular weight excluding hydrogens is 286 g/mol. The zero-order valence-corrected chi connectivity index (χ0v) is 11.3. The van der Waals surface area contributed by atoms with Crippen molar-refractivity contribution in [2.75, 3.05) is 13.6 Å². The maximum absolute atomic E-state index is 11.7. The van der Waals surface area contributed by atoms with E-state index in [9.17, 15) is 9.59 Å². The second kappa shape index (κ2) is 5.82. The molecule has 0 bridgehead atoms. The summed E-state index contributed by atoms with van der Waals surface area (Å²) in [5.41, 5.74) is 1.96. The van der Waals surface area contributed by atoms with Gasteiger partial charge in [-0.05, 0) is 24.1 Å². The largest absolute Gasteiger partial charge is 0.480 e. The van der Waals surface area contributed by atoms with E-state index in [1.54, 1.807) is 0 Å². The van der Waals surface area contributed by atoms with Crippen molar-refractivity contribution in [2.45, 2.75) is 13.3 Å². The Labute approximate surface area is 108 Å². The summed E-state index contributed by atoms with van der Waals surface area (Å²) in [6, 6.07) is 5.67. The fourth-order valence-corrected chi connectivity index (χ4v) is 1.77. The minimum atomic E-state index is -1.01. The molecule has 0 radical (unpaired) electrons. The minimum Gasteiger partial charge on any atom is -0.480 e. The highest BCUT2D eigenvalue weighted by atomic mass is 79.9. The van der Waals surface area contributed by atoms with Gasteiger partial charge in [0.1, 0.15) is 6.54 Å². The van der Waals surface area contributed by atoms with Crippen molar-refractivity contribution in [1.82, 2.24) is 4.90 Å². The summed E-state index contributed by atoms with van der Waals surface area (Å²) in [6.45, 7) is 1.69. The topological polar surface area (TPSA) is 57.6 Å². The summed E-state index contributed by atoms with van der Waals surface area (Å²) in [5, 5.41) is 8.58. The molecule has 1 amide bonds. The van der Waals surface area contributed by atoms with Gasteiger partial charge in [-0.1, -0.05) is 28.1 Å². The van der Waals surface area contributed by atoms with Gasteiger partial charge < -0.3 is 10.0 Å². The van der Waals surface area contributed by atoms with Crippen molar-refractivity contribution < 1.29 is 14.7 Å². The maximum atomic E-state index is 11.7. The first-order valence-electron chi connectivity index (χ1n) is 5.11. The Balaban J connectivity index is 2.67. The number of hydrogen-bond acceptors (Lipinski definition) is 2. The van der Waals surface area contributed by atoms with Gasteiger partial charge >= 0.3 is 5.97 Å². The van der Waals surface area contributed by atoms with Gasteiger partial charge in [0.2, 0.25) is 5.91 Å². The Hall–Kier alpha value is -1.36. The van der Waals surface area contributed by atoms with Crippen molar-refractivity contribution in [3.05, 3.63) is 33.8 Å². The third-order valence-corrected chi connectivity index (χ3v) is 3.24. The Morgan fingerprint density at radius 3 is 2.59 bits per heavy atom. The van der Waals surface area contributed by atoms with Gasteiger partial charge in [0.05, 0.1) is 6.42 Å². The van der Waals surface area contributed by atoms with Crippen LogP contribution in [0.15, 0.2) is 22.7 Å². The lowest BCUT2D eigenvalue weighted by Gasteiger charge is -2.14. The summed E-state index contributed by atoms with van der Waals surface area (Å²) in [7, 11) is 1.49. The number of benzene rings is 1. The van der Waals surface area contributed by atoms with E-state index in [1.165, 1.54) is 11.9 Å². The molecule has 4 nitrogen and oxygen atoms in total. The van der Waals surface area contributed by atoms with Crippen LogP contribution in [-0.4, -0.2) is 35.5 Å². The van der Waals surface area contributed by atoms with Crippen LogP contribution in [0.25, 0.3) is 0 Å². The molecule has 0 atom stereocenters. The van der Waals surface area contributed by atoms with Crippen LogP contribution in [0.2, 0.25) is 0 Å². The zero-order chi connectivity index (χ0) is 13.0. The van der Waals surface area contributed by atoms with Gasteiger partial charge in [0, 0.05) is 11.5 Å². The highest BCUT2D eigenvalue weighted by Crippen LogP contribution is 2.18. The summed E-state index contributed by atoms with van der Waals surface area (Å²) in [6.07, 6.45) is 0.211. The number of carbonyl (C=O) groups is 2. The number of carboxylic acid groups (broad SMARTS) is 1. The summed E-state index contributed by atoms with van der Waals surface area (Å²) in [4.78, 5) is 23.4. The van der Waals surface area contributed by atoms with Crippen LogP contribution in [0.1, 0.15) is 11.1 Å². The van der Waals surface area contributed by atoms with E-state index in [1.807, 2.05) is 25.1 Å². The number of halogens is 1. The Kier molecular flexibility index (Phi) is 4.69. The SMILES string of the molecule is Cc1ccc(CC(=O)N(C)CC(=O)O)cc1Br. The molecule has 0 spiro atoms. The monoisotopic (exact) mass is 299 g/mol. The van der Waals surface area contributed by atoms with Crippen LogP contribution in [0.5, 0.6) is 0 Å². The molecule has 0 aliphatic heterocycles. The Bertz CT molecular complexity index is 445. The van der Waals surface area contributed by atoms with E-state index in [-0.39, 0.29) is 18.9 Å². The number of carboxylic acids is 1. The van der Waals surface area contributed by atoms with Crippen LogP contribution in [-0.2, 0) is 16.0 Å². The van der Waals surface area contributed by atoms with Crippen LogP contribution in [0.3, 0.4) is 0 Å². The number of aliphatic carboxylic acids is 1. The molecule has 0 aliphatic carbocycles. The second-order valence-electron chi connectivity index (χ2n) is 3.90. The number of amides is 1. The first-order chi connectivity index (χ1) is 7.90. The van der Waals surface area contributed by atoms with Gasteiger partial charge in [0.25, 0.3) is 0 Å². The molecule has 0 fully saturated rings. The van der Waals surface area contributed by atoms with Crippen LogP contribution in [0.4, 0.5) is 0 Å². The van der Waals surface area contributed by atoms with E-state index < -0.39 is 5.97 Å². The molecule has 92 valence electrons. The maximum Gasteiger partial charge on any atom is 0.323 e. The van der Waals surface area contributed by atoms with Crippen molar-refractivity contribution in [1.29, 1.82) is 0 Å². The van der Waals surface area contributed by atoms with E-state index in [0.717, 1.165) is 15.6 Å². The molecule has 0 heterocycles. The summed E-state index contributed by atoms with van der Waals surface area (Å²) < 4.78 is 0.948. The van der Waals surface area contributed by atoms with E-state index in [0.29, 0.717) is 0 Å². The number of carbonyl (C=O) groups excluding carboxylic acids is 1. The highest BCUT2D eigenvalue weighted by molar-refractivity contribution is 9.10. The predicted molar refractivity (Wildman–Crippen MR) is 67.9 cm³/mol. The fourth-order valence-electron chi connectivity index (χ4n) is 1.35. The van der Waals surface area contributed by atoms with Gasteiger partial charge in [-0.3, -0.25) is 9.59 Å². The van der Waals surface area contributed by atoms with Gasteiger partial charge in [-0.15, -0.1) is 0 Å². The van der Waals surface area contributed by atoms with Crippen molar-refractivity contribution in [3.63, 3.8) is 0 Å². The third-order valence-electron chi connectivity index (χ3n) is 2.39. The molecule has 0 unspecified atom stereocenters. The molecule has 1 N–H and O–H groups in total. The van der Waals surface area contributed by atoms with E-state index in [4.69, 9.17) is 5.11 Å². The lowest BCUT2D eigenvalue weighted by Crippen LogP contribution is -2.33. The average molecular weight is 300 g/mol. The van der Waals surface area contributed by atoms with E-state index in [2.05, 4.69) is 15.9 Å². The van der Waals surface area contributed by atoms with Crippen LogP contribution >= 0.6 is 15.9 Å². The van der Waals surface area contributed by atoms with Crippen LogP contribution < -0.4 is 0 Å². The minimum absolute atomic E-state index is 0.205. The molecule has 5 heteroatoms. The molecule has 1 aromatic carbocycles. The normalized spacial score (nSPS) is 10.1. The third kappa shape index (κ3) is 4.19. The number of likely N-dealkylation sites (N-methyl/N-ethyl adjacent to an activating group) is 1. The van der Waals surface area contributed by atoms with Crippen LogP contribution in [0, 0.1) is 6.92 Å². The summed E-state index contributed by atoms with van der Waals surface area (Å²) >= 11 is 3.39. The lowest BCUT2D eigenvalue weighted by atomic mass is 10.1. The standard InChI is InChI=1S/C12H14BrNO3/c1-8-3-4-9(5-10(8)13)6-11(15)14(2)7-12(16)17/h3-5H,6-7H2,1-2H3,(H,16,17). The smallest absolute Gasteiger partial charge is 0.323 e. The molecule has 1 rings (SSSR count). The van der Waals surface area contributed by atoms with E-state index >= 15 is 0 Å². The fraction of sp³-hybridized carbons (Fsp3) is 0.333. The zero-order valence-electron chi connectivity index (χ0n) is 9.74. The second-order valence-corrected chi connectivity index (χ2v) is 4.76. The quantitative estimate of drug-likeness (QED) is 0.923. The molecule has 0 aliphatic rings. The number of aryl methyl sites for hydroxylation is 1. The van der Waals surface area contributed by atoms with Gasteiger partial charge in [0.15, 0.2) is 0 Å². The molecule has 0 aromatic heterocycles. The van der Waals surface area contributed by atoms with Gasteiger partial charge in [-0.2, -0.15) is 0 Å². The Morgan fingerprint density at radius 2 is 2.06 bits per heavy atom. The van der Waals surface area contributed by atoms with Crippen molar-refractivity contribution >= 4 is 27.8 Å². The first-order valence-corrected chi connectivity index (χ1v) is 5.90. The number of hydrogen-bond donors (Lipinski definition) is 1. The lowest BCUT2D eigenvalue weighted by molar-refractivity contribution is -0.143. The number of nitrogens with zero attached hydrogens (tertiary/aromatic N) is 1. The number of rotatable bonds is 4. The predicted octanol–water partition coefficient (Wildman–Crippen LogP) is 1.84. The average Bonchev–Trinajstić information content (AvgIpc) is 2.22. The molecule has 17 heavy (non-hydrogen) atoms. The molecule has 0 saturated carbocycles. The molecule has 0 saturated heterocycles. The Morgan fingerprint density at radius 1 is 1.41 bits per heavy atom. The first kappa shape index (κ1) is 13.7. The highest BCUT2D eigenvalue weighted by Gasteiger charge is 2.12. The molecule has 1 aromatic rings. The molecular formula is C12H14BrNO3. The van der Waals surface area contributed by atoms with Crippen molar-refractivity contribution in [3.8, 4) is 0 Å². The van der Waals surface area contributed by atoms with Gasteiger partial charge in [-0.25, -0.2) is 0 Å². The summed E-state index contributed by atoms with van der Waals surface area (Å²) in [5.74, 6) is -1.21.